The first kappa shape index (κ1) is 16.8. The maximum absolute atomic E-state index is 11.8. The van der Waals surface area contributed by atoms with E-state index in [1.54, 1.807) is 0 Å². The molecule has 2 aliphatic rings. The van der Waals surface area contributed by atoms with Gasteiger partial charge in [0.05, 0.1) is 0 Å². The lowest BCUT2D eigenvalue weighted by Crippen LogP contribution is -2.34. The summed E-state index contributed by atoms with van der Waals surface area (Å²) in [4.78, 5) is 14.3. The monoisotopic (exact) mass is 295 g/mol. The van der Waals surface area contributed by atoms with Crippen molar-refractivity contribution in [2.75, 3.05) is 39.3 Å². The molecule has 1 unspecified atom stereocenters. The first-order valence-electron chi connectivity index (χ1n) is 8.94. The Labute approximate surface area is 130 Å². The van der Waals surface area contributed by atoms with Gasteiger partial charge in [-0.15, -0.1) is 0 Å². The standard InChI is InChI=1S/C17H33N3O/c1-15-7-12-20(13-8-15)11-3-2-9-19-17(21)5-4-16-6-10-18-14-16/h15-16,18H,2-14H2,1H3,(H,19,21). The average molecular weight is 295 g/mol. The van der Waals surface area contributed by atoms with Crippen LogP contribution in [0, 0.1) is 11.8 Å². The molecule has 2 aliphatic heterocycles. The molecule has 0 aliphatic carbocycles. The molecule has 0 aromatic rings. The average Bonchev–Trinajstić information content (AvgIpc) is 3.00. The highest BCUT2D eigenvalue weighted by Crippen LogP contribution is 2.16. The molecule has 2 rings (SSSR count). The van der Waals surface area contributed by atoms with Gasteiger partial charge in [0.2, 0.25) is 5.91 Å². The summed E-state index contributed by atoms with van der Waals surface area (Å²) in [5.74, 6) is 1.88. The Balaban J connectivity index is 1.41. The van der Waals surface area contributed by atoms with E-state index in [2.05, 4.69) is 22.5 Å². The van der Waals surface area contributed by atoms with Crippen molar-refractivity contribution in [1.29, 1.82) is 0 Å². The summed E-state index contributed by atoms with van der Waals surface area (Å²) in [6, 6.07) is 0. The van der Waals surface area contributed by atoms with Gasteiger partial charge in [0.25, 0.3) is 0 Å². The Morgan fingerprint density at radius 2 is 2.05 bits per heavy atom. The number of rotatable bonds is 8. The van der Waals surface area contributed by atoms with Crippen molar-refractivity contribution in [3.8, 4) is 0 Å². The van der Waals surface area contributed by atoms with Crippen LogP contribution in [0.25, 0.3) is 0 Å². The molecule has 4 nitrogen and oxygen atoms in total. The quantitative estimate of drug-likeness (QED) is 0.673. The molecule has 0 aromatic carbocycles. The van der Waals surface area contributed by atoms with Crippen LogP contribution in [0.2, 0.25) is 0 Å². The normalized spacial score (nSPS) is 24.3. The molecule has 2 N–H and O–H groups in total. The lowest BCUT2D eigenvalue weighted by atomic mass is 9.99. The molecule has 0 spiro atoms. The van der Waals surface area contributed by atoms with E-state index in [1.807, 2.05) is 0 Å². The summed E-state index contributed by atoms with van der Waals surface area (Å²) in [7, 11) is 0. The Kier molecular flexibility index (Phi) is 7.51. The zero-order chi connectivity index (χ0) is 14.9. The largest absolute Gasteiger partial charge is 0.356 e. The number of unbranched alkanes of at least 4 members (excludes halogenated alkanes) is 1. The minimum Gasteiger partial charge on any atom is -0.356 e. The summed E-state index contributed by atoms with van der Waals surface area (Å²) in [5, 5.41) is 6.43. The molecule has 4 heteroatoms. The van der Waals surface area contributed by atoms with Gasteiger partial charge in [-0.1, -0.05) is 6.92 Å². The number of nitrogens with zero attached hydrogens (tertiary/aromatic N) is 1. The van der Waals surface area contributed by atoms with Crippen LogP contribution in [0.4, 0.5) is 0 Å². The highest BCUT2D eigenvalue weighted by atomic mass is 16.1. The Hall–Kier alpha value is -0.610. The molecule has 0 saturated carbocycles. The fourth-order valence-corrected chi connectivity index (χ4v) is 3.36. The Morgan fingerprint density at radius 1 is 1.24 bits per heavy atom. The number of carbonyl (C=O) groups is 1. The van der Waals surface area contributed by atoms with Crippen LogP contribution >= 0.6 is 0 Å². The Morgan fingerprint density at radius 3 is 2.76 bits per heavy atom. The van der Waals surface area contributed by atoms with Crippen LogP contribution in [-0.4, -0.2) is 50.1 Å². The van der Waals surface area contributed by atoms with Gasteiger partial charge in [0.1, 0.15) is 0 Å². The second-order valence-corrected chi connectivity index (χ2v) is 6.98. The molecule has 21 heavy (non-hydrogen) atoms. The second kappa shape index (κ2) is 9.42. The van der Waals surface area contributed by atoms with Crippen molar-refractivity contribution in [1.82, 2.24) is 15.5 Å². The van der Waals surface area contributed by atoms with Gasteiger partial charge in [-0.3, -0.25) is 4.79 Å². The molecule has 2 heterocycles. The third-order valence-electron chi connectivity index (χ3n) is 5.04. The van der Waals surface area contributed by atoms with Gasteiger partial charge in [-0.2, -0.15) is 0 Å². The molecular weight excluding hydrogens is 262 g/mol. The SMILES string of the molecule is CC1CCN(CCCCNC(=O)CCC2CCNC2)CC1. The summed E-state index contributed by atoms with van der Waals surface area (Å²) < 4.78 is 0. The second-order valence-electron chi connectivity index (χ2n) is 6.98. The molecule has 0 bridgehead atoms. The van der Waals surface area contributed by atoms with Gasteiger partial charge >= 0.3 is 0 Å². The topological polar surface area (TPSA) is 44.4 Å². The van der Waals surface area contributed by atoms with E-state index < -0.39 is 0 Å². The molecule has 0 radical (unpaired) electrons. The van der Waals surface area contributed by atoms with E-state index in [0.29, 0.717) is 6.42 Å². The van der Waals surface area contributed by atoms with Crippen molar-refractivity contribution < 1.29 is 4.79 Å². The van der Waals surface area contributed by atoms with Gasteiger partial charge in [0, 0.05) is 13.0 Å². The lowest BCUT2D eigenvalue weighted by molar-refractivity contribution is -0.121. The smallest absolute Gasteiger partial charge is 0.220 e. The van der Waals surface area contributed by atoms with Gasteiger partial charge in [-0.25, -0.2) is 0 Å². The highest BCUT2D eigenvalue weighted by Gasteiger charge is 2.16. The molecule has 0 aromatic heterocycles. The highest BCUT2D eigenvalue weighted by molar-refractivity contribution is 5.75. The van der Waals surface area contributed by atoms with Crippen molar-refractivity contribution in [2.45, 2.75) is 51.9 Å². The van der Waals surface area contributed by atoms with Crippen molar-refractivity contribution >= 4 is 5.91 Å². The van der Waals surface area contributed by atoms with E-state index in [1.165, 1.54) is 45.3 Å². The van der Waals surface area contributed by atoms with Gasteiger partial charge in [0.15, 0.2) is 0 Å². The number of carbonyl (C=O) groups excluding carboxylic acids is 1. The predicted octanol–water partition coefficient (Wildman–Crippen LogP) is 2.00. The first-order chi connectivity index (χ1) is 10.2. The van der Waals surface area contributed by atoms with Crippen molar-refractivity contribution in [2.24, 2.45) is 11.8 Å². The van der Waals surface area contributed by atoms with Gasteiger partial charge < -0.3 is 15.5 Å². The van der Waals surface area contributed by atoms with E-state index in [9.17, 15) is 4.79 Å². The van der Waals surface area contributed by atoms with Crippen LogP contribution < -0.4 is 10.6 Å². The van der Waals surface area contributed by atoms with E-state index in [0.717, 1.165) is 44.3 Å². The van der Waals surface area contributed by atoms with Gasteiger partial charge in [-0.05, 0) is 83.1 Å². The number of hydrogen-bond donors (Lipinski definition) is 2. The van der Waals surface area contributed by atoms with Crippen LogP contribution in [0.5, 0.6) is 0 Å². The van der Waals surface area contributed by atoms with Crippen LogP contribution in [0.1, 0.15) is 51.9 Å². The van der Waals surface area contributed by atoms with E-state index in [4.69, 9.17) is 0 Å². The van der Waals surface area contributed by atoms with Crippen molar-refractivity contribution in [3.63, 3.8) is 0 Å². The number of hydrogen-bond acceptors (Lipinski definition) is 3. The zero-order valence-electron chi connectivity index (χ0n) is 13.7. The number of likely N-dealkylation sites (tertiary alicyclic amines) is 1. The molecule has 1 atom stereocenters. The third kappa shape index (κ3) is 6.79. The summed E-state index contributed by atoms with van der Waals surface area (Å²) in [6.45, 7) is 9.17. The fraction of sp³-hybridized carbons (Fsp3) is 0.941. The van der Waals surface area contributed by atoms with Crippen LogP contribution in [0.3, 0.4) is 0 Å². The minimum atomic E-state index is 0.244. The van der Waals surface area contributed by atoms with Crippen LogP contribution in [0.15, 0.2) is 0 Å². The molecule has 122 valence electrons. The Bertz CT molecular complexity index is 294. The third-order valence-corrected chi connectivity index (χ3v) is 5.04. The molecule has 2 fully saturated rings. The summed E-state index contributed by atoms with van der Waals surface area (Å²) in [6.07, 6.45) is 8.02. The maximum atomic E-state index is 11.8. The van der Waals surface area contributed by atoms with Crippen LogP contribution in [-0.2, 0) is 4.79 Å². The predicted molar refractivity (Wildman–Crippen MR) is 87.3 cm³/mol. The zero-order valence-corrected chi connectivity index (χ0v) is 13.7. The summed E-state index contributed by atoms with van der Waals surface area (Å²) in [5.41, 5.74) is 0. The lowest BCUT2D eigenvalue weighted by Gasteiger charge is -2.30. The summed E-state index contributed by atoms with van der Waals surface area (Å²) >= 11 is 0. The minimum absolute atomic E-state index is 0.244. The molecule has 2 saturated heterocycles. The number of nitrogens with one attached hydrogen (secondary N) is 2. The van der Waals surface area contributed by atoms with E-state index in [-0.39, 0.29) is 5.91 Å². The first-order valence-corrected chi connectivity index (χ1v) is 8.94. The van der Waals surface area contributed by atoms with Crippen molar-refractivity contribution in [3.05, 3.63) is 0 Å². The maximum Gasteiger partial charge on any atom is 0.220 e. The number of piperidine rings is 1. The van der Waals surface area contributed by atoms with E-state index >= 15 is 0 Å². The molecule has 1 amide bonds. The molecular formula is C17H33N3O. The number of amides is 1. The fourth-order valence-electron chi connectivity index (χ4n) is 3.36.